The van der Waals surface area contributed by atoms with Crippen LogP contribution in [0.1, 0.15) is 23.7 Å². The molecule has 6 nitrogen and oxygen atoms in total. The van der Waals surface area contributed by atoms with Gasteiger partial charge in [0.1, 0.15) is 5.82 Å². The van der Waals surface area contributed by atoms with Crippen molar-refractivity contribution in [2.24, 2.45) is 0 Å². The summed E-state index contributed by atoms with van der Waals surface area (Å²) in [6.07, 6.45) is 1.71. The van der Waals surface area contributed by atoms with Crippen molar-refractivity contribution in [3.63, 3.8) is 0 Å². The van der Waals surface area contributed by atoms with Gasteiger partial charge < -0.3 is 11.1 Å². The predicted octanol–water partition coefficient (Wildman–Crippen LogP) is 0.624. The number of nitrogens with two attached hydrogens (primary N) is 1. The molecule has 2 rings (SSSR count). The third-order valence-corrected chi connectivity index (χ3v) is 5.26. The van der Waals surface area contributed by atoms with E-state index < -0.39 is 21.3 Å². The summed E-state index contributed by atoms with van der Waals surface area (Å²) in [5.41, 5.74) is 4.97. The first-order chi connectivity index (χ1) is 8.71. The Hall–Kier alpha value is -1.34. The summed E-state index contributed by atoms with van der Waals surface area (Å²) in [4.78, 5) is 15.8. The van der Waals surface area contributed by atoms with Gasteiger partial charge in [0.2, 0.25) is 0 Å². The maximum Gasteiger partial charge on any atom is 0.253 e. The molecule has 0 aliphatic carbocycles. The zero-order chi connectivity index (χ0) is 14.3. The molecule has 1 unspecified atom stereocenters. The van der Waals surface area contributed by atoms with Crippen LogP contribution in [-0.2, 0) is 9.84 Å². The van der Waals surface area contributed by atoms with Crippen molar-refractivity contribution in [3.8, 4) is 0 Å². The van der Waals surface area contributed by atoms with E-state index in [1.165, 1.54) is 12.3 Å². The van der Waals surface area contributed by atoms with E-state index in [-0.39, 0.29) is 27.9 Å². The minimum absolute atomic E-state index is 0.0537. The number of hydrogen-bond donors (Lipinski definition) is 2. The van der Waals surface area contributed by atoms with E-state index in [9.17, 15) is 13.2 Å². The quantitative estimate of drug-likeness (QED) is 0.834. The van der Waals surface area contributed by atoms with Gasteiger partial charge in [0.05, 0.1) is 27.6 Å². The average molecular weight is 304 g/mol. The number of pyridine rings is 1. The Morgan fingerprint density at radius 1 is 1.58 bits per heavy atom. The molecule has 0 radical (unpaired) electrons. The molecule has 0 spiro atoms. The molecule has 1 fully saturated rings. The summed E-state index contributed by atoms with van der Waals surface area (Å²) in [6.45, 7) is 1.71. The van der Waals surface area contributed by atoms with Crippen molar-refractivity contribution in [2.75, 3.05) is 17.2 Å². The van der Waals surface area contributed by atoms with Crippen molar-refractivity contribution in [1.82, 2.24) is 10.3 Å². The van der Waals surface area contributed by atoms with Gasteiger partial charge in [-0.2, -0.15) is 0 Å². The van der Waals surface area contributed by atoms with E-state index in [0.29, 0.717) is 6.42 Å². The highest BCUT2D eigenvalue weighted by molar-refractivity contribution is 7.91. The maximum atomic E-state index is 12.0. The third-order valence-electron chi connectivity index (χ3n) is 3.05. The molecular formula is C11H14ClN3O3S. The second-order valence-corrected chi connectivity index (χ2v) is 7.54. The van der Waals surface area contributed by atoms with Crippen molar-refractivity contribution in [2.45, 2.75) is 18.9 Å². The molecule has 1 aromatic rings. The summed E-state index contributed by atoms with van der Waals surface area (Å²) in [5.74, 6) is -0.228. The smallest absolute Gasteiger partial charge is 0.253 e. The van der Waals surface area contributed by atoms with Crippen LogP contribution in [0.4, 0.5) is 5.82 Å². The Kier molecular flexibility index (Phi) is 3.44. The molecule has 1 amide bonds. The molecule has 0 saturated carbocycles. The monoisotopic (exact) mass is 303 g/mol. The highest BCUT2D eigenvalue weighted by atomic mass is 35.5. The molecule has 1 atom stereocenters. The lowest BCUT2D eigenvalue weighted by Crippen LogP contribution is -2.46. The molecule has 1 aliphatic heterocycles. The molecular weight excluding hydrogens is 290 g/mol. The Morgan fingerprint density at radius 3 is 2.79 bits per heavy atom. The summed E-state index contributed by atoms with van der Waals surface area (Å²) >= 11 is 5.79. The van der Waals surface area contributed by atoms with Crippen molar-refractivity contribution in [1.29, 1.82) is 0 Å². The Labute approximate surface area is 116 Å². The van der Waals surface area contributed by atoms with Crippen molar-refractivity contribution >= 4 is 33.2 Å². The lowest BCUT2D eigenvalue weighted by Gasteiger charge is -2.23. The zero-order valence-electron chi connectivity index (χ0n) is 10.3. The highest BCUT2D eigenvalue weighted by Crippen LogP contribution is 2.24. The lowest BCUT2D eigenvalue weighted by molar-refractivity contribution is 0.0915. The molecule has 1 aromatic heterocycles. The van der Waals surface area contributed by atoms with Crippen LogP contribution in [0.2, 0.25) is 5.02 Å². The van der Waals surface area contributed by atoms with Gasteiger partial charge >= 0.3 is 0 Å². The number of halogens is 1. The van der Waals surface area contributed by atoms with E-state index in [2.05, 4.69) is 10.3 Å². The van der Waals surface area contributed by atoms with Gasteiger partial charge in [-0.25, -0.2) is 13.4 Å². The van der Waals surface area contributed by atoms with Gasteiger partial charge in [-0.3, -0.25) is 4.79 Å². The fourth-order valence-corrected chi connectivity index (χ4v) is 4.29. The second kappa shape index (κ2) is 4.64. The number of sulfone groups is 1. The molecule has 19 heavy (non-hydrogen) atoms. The van der Waals surface area contributed by atoms with Crippen LogP contribution in [0.5, 0.6) is 0 Å². The summed E-state index contributed by atoms with van der Waals surface area (Å²) in [5, 5.41) is 2.91. The highest BCUT2D eigenvalue weighted by Gasteiger charge is 2.39. The molecule has 0 aromatic carbocycles. The molecule has 8 heteroatoms. The normalized spacial score (nSPS) is 25.2. The number of aromatic nitrogens is 1. The first-order valence-corrected chi connectivity index (χ1v) is 7.85. The van der Waals surface area contributed by atoms with Crippen LogP contribution in [0, 0.1) is 0 Å². The van der Waals surface area contributed by atoms with Gasteiger partial charge in [0.15, 0.2) is 9.84 Å². The van der Waals surface area contributed by atoms with Crippen molar-refractivity contribution < 1.29 is 13.2 Å². The number of amides is 1. The van der Waals surface area contributed by atoms with Crippen LogP contribution in [0.25, 0.3) is 0 Å². The molecule has 1 saturated heterocycles. The number of anilines is 1. The number of nitrogens with zero attached hydrogens (tertiary/aromatic N) is 1. The first-order valence-electron chi connectivity index (χ1n) is 5.65. The van der Waals surface area contributed by atoms with Gasteiger partial charge in [-0.1, -0.05) is 11.6 Å². The van der Waals surface area contributed by atoms with Gasteiger partial charge in [0, 0.05) is 6.20 Å². The van der Waals surface area contributed by atoms with Crippen LogP contribution in [0.3, 0.4) is 0 Å². The minimum Gasteiger partial charge on any atom is -0.382 e. The van der Waals surface area contributed by atoms with E-state index >= 15 is 0 Å². The first kappa shape index (κ1) is 14.1. The van der Waals surface area contributed by atoms with Gasteiger partial charge in [0.25, 0.3) is 5.91 Å². The molecule has 1 aliphatic rings. The number of carbonyl (C=O) groups is 1. The fraction of sp³-hybridized carbons (Fsp3) is 0.455. The van der Waals surface area contributed by atoms with Crippen molar-refractivity contribution in [3.05, 3.63) is 22.8 Å². The van der Waals surface area contributed by atoms with Crippen LogP contribution < -0.4 is 11.1 Å². The average Bonchev–Trinajstić information content (AvgIpc) is 2.56. The van der Waals surface area contributed by atoms with E-state index in [0.717, 1.165) is 0 Å². The topological polar surface area (TPSA) is 102 Å². The molecule has 3 N–H and O–H groups in total. The summed E-state index contributed by atoms with van der Waals surface area (Å²) < 4.78 is 22.9. The van der Waals surface area contributed by atoms with Crippen LogP contribution >= 0.6 is 11.6 Å². The van der Waals surface area contributed by atoms with Crippen LogP contribution in [-0.4, -0.2) is 36.4 Å². The third kappa shape index (κ3) is 3.16. The molecule has 0 bridgehead atoms. The standard InChI is InChI=1S/C11H14ClN3O3S/c1-11(2-3-19(17,18)6-11)15-10(16)7-4-8(12)9(13)14-5-7/h4-5H,2-3,6H2,1H3,(H2,13,14)(H,15,16). The Bertz CT molecular complexity index is 632. The number of rotatable bonds is 2. The second-order valence-electron chi connectivity index (χ2n) is 4.95. The Balaban J connectivity index is 2.15. The van der Waals surface area contributed by atoms with E-state index in [1.54, 1.807) is 6.92 Å². The number of hydrogen-bond acceptors (Lipinski definition) is 5. The Morgan fingerprint density at radius 2 is 2.26 bits per heavy atom. The lowest BCUT2D eigenvalue weighted by atomic mass is 10.0. The zero-order valence-corrected chi connectivity index (χ0v) is 11.9. The fourth-order valence-electron chi connectivity index (χ4n) is 2.03. The number of nitrogen functional groups attached to an aromatic ring is 1. The van der Waals surface area contributed by atoms with E-state index in [1.807, 2.05) is 0 Å². The minimum atomic E-state index is -3.07. The van der Waals surface area contributed by atoms with E-state index in [4.69, 9.17) is 17.3 Å². The van der Waals surface area contributed by atoms with Gasteiger partial charge in [-0.15, -0.1) is 0 Å². The largest absolute Gasteiger partial charge is 0.382 e. The summed E-state index contributed by atoms with van der Waals surface area (Å²) in [6, 6.07) is 1.41. The number of nitrogens with one attached hydrogen (secondary N) is 1. The van der Waals surface area contributed by atoms with Crippen LogP contribution in [0.15, 0.2) is 12.3 Å². The maximum absolute atomic E-state index is 12.0. The molecule has 104 valence electrons. The molecule has 2 heterocycles. The summed E-state index contributed by atoms with van der Waals surface area (Å²) in [7, 11) is -3.07. The predicted molar refractivity (Wildman–Crippen MR) is 72.8 cm³/mol. The number of carbonyl (C=O) groups excluding carboxylic acids is 1. The van der Waals surface area contributed by atoms with Gasteiger partial charge in [-0.05, 0) is 19.4 Å². The SMILES string of the molecule is CC1(NC(=O)c2cnc(N)c(Cl)c2)CCS(=O)(=O)C1.